The van der Waals surface area contributed by atoms with Crippen LogP contribution in [0.3, 0.4) is 0 Å². The zero-order valence-corrected chi connectivity index (χ0v) is 7.03. The molecule has 0 aromatic heterocycles. The van der Waals surface area contributed by atoms with Crippen LogP contribution in [0.15, 0.2) is 24.3 Å². The predicted octanol–water partition coefficient (Wildman–Crippen LogP) is 1.49. The minimum Gasteiger partial charge on any atom is -0.298 e. The molecule has 2 heteroatoms. The van der Waals surface area contributed by atoms with Crippen molar-refractivity contribution < 1.29 is 4.79 Å². The van der Waals surface area contributed by atoms with Crippen molar-refractivity contribution in [1.82, 2.24) is 4.90 Å². The topological polar surface area (TPSA) is 20.1 Å². The fourth-order valence-corrected chi connectivity index (χ4v) is 1.48. The highest BCUT2D eigenvalue weighted by Crippen LogP contribution is 2.33. The predicted molar refractivity (Wildman–Crippen MR) is 47.2 cm³/mol. The summed E-state index contributed by atoms with van der Waals surface area (Å²) in [7, 11) is 2.06. The summed E-state index contributed by atoms with van der Waals surface area (Å²) in [4.78, 5) is 12.9. The molecule has 2 nitrogen and oxygen atoms in total. The molecule has 62 valence electrons. The van der Waals surface area contributed by atoms with Gasteiger partial charge in [0.15, 0.2) is 0 Å². The van der Waals surface area contributed by atoms with Crippen LogP contribution in [0.1, 0.15) is 22.0 Å². The second-order valence-electron chi connectivity index (χ2n) is 3.20. The Balaban J connectivity index is 2.35. The molecule has 0 saturated carbocycles. The fraction of sp³-hybridized carbons (Fsp3) is 0.300. The molecule has 1 fully saturated rings. The lowest BCUT2D eigenvalue weighted by Gasteiger charge is -2.01. The first kappa shape index (κ1) is 7.50. The summed E-state index contributed by atoms with van der Waals surface area (Å²) in [6.45, 7) is 1.07. The lowest BCUT2D eigenvalue weighted by molar-refractivity contribution is 0.112. The largest absolute Gasteiger partial charge is 0.298 e. The molecule has 1 aromatic carbocycles. The number of likely N-dealkylation sites (N-methyl/N-ethyl adjacent to an activating group) is 1. The van der Waals surface area contributed by atoms with Crippen molar-refractivity contribution >= 4 is 6.29 Å². The SMILES string of the molecule is CN1CC1c1ccccc1C=O. The molecule has 0 spiro atoms. The molecule has 2 atom stereocenters. The van der Waals surface area contributed by atoms with Gasteiger partial charge in [-0.05, 0) is 12.6 Å². The van der Waals surface area contributed by atoms with Gasteiger partial charge in [-0.2, -0.15) is 0 Å². The number of benzene rings is 1. The summed E-state index contributed by atoms with van der Waals surface area (Å²) in [5.41, 5.74) is 1.99. The Morgan fingerprint density at radius 3 is 2.75 bits per heavy atom. The van der Waals surface area contributed by atoms with Gasteiger partial charge in [0.25, 0.3) is 0 Å². The van der Waals surface area contributed by atoms with Crippen molar-refractivity contribution in [3.8, 4) is 0 Å². The molecule has 1 aliphatic heterocycles. The first-order valence-corrected chi connectivity index (χ1v) is 4.07. The van der Waals surface area contributed by atoms with E-state index in [9.17, 15) is 4.79 Å². The third-order valence-corrected chi connectivity index (χ3v) is 2.34. The Morgan fingerprint density at radius 2 is 2.17 bits per heavy atom. The first-order valence-electron chi connectivity index (χ1n) is 4.07. The summed E-state index contributed by atoms with van der Waals surface area (Å²) in [5, 5.41) is 0. The highest BCUT2D eigenvalue weighted by Gasteiger charge is 2.32. The molecular formula is C10H11NO. The van der Waals surface area contributed by atoms with E-state index in [0.29, 0.717) is 6.04 Å². The van der Waals surface area contributed by atoms with Crippen molar-refractivity contribution in [1.29, 1.82) is 0 Å². The molecule has 1 heterocycles. The summed E-state index contributed by atoms with van der Waals surface area (Å²) in [6, 6.07) is 8.25. The van der Waals surface area contributed by atoms with Crippen molar-refractivity contribution in [2.45, 2.75) is 6.04 Å². The van der Waals surface area contributed by atoms with Gasteiger partial charge in [-0.15, -0.1) is 0 Å². The number of aldehydes is 1. The molecule has 2 unspecified atom stereocenters. The van der Waals surface area contributed by atoms with Gasteiger partial charge in [-0.1, -0.05) is 24.3 Å². The number of hydrogen-bond acceptors (Lipinski definition) is 2. The summed E-state index contributed by atoms with van der Waals surface area (Å²) in [6.07, 6.45) is 0.932. The maximum absolute atomic E-state index is 10.6. The van der Waals surface area contributed by atoms with Gasteiger partial charge in [-0.3, -0.25) is 9.69 Å². The van der Waals surface area contributed by atoms with E-state index in [0.717, 1.165) is 24.0 Å². The molecule has 1 aliphatic rings. The van der Waals surface area contributed by atoms with Gasteiger partial charge in [-0.25, -0.2) is 0 Å². The van der Waals surface area contributed by atoms with E-state index in [1.54, 1.807) is 0 Å². The van der Waals surface area contributed by atoms with Crippen LogP contribution in [0.5, 0.6) is 0 Å². The Hall–Kier alpha value is -1.15. The molecular weight excluding hydrogens is 150 g/mol. The monoisotopic (exact) mass is 161 g/mol. The zero-order valence-electron chi connectivity index (χ0n) is 7.03. The van der Waals surface area contributed by atoms with E-state index < -0.39 is 0 Å². The molecule has 0 bridgehead atoms. The van der Waals surface area contributed by atoms with Gasteiger partial charge in [0.2, 0.25) is 0 Å². The van der Waals surface area contributed by atoms with Gasteiger partial charge in [0.05, 0.1) is 0 Å². The van der Waals surface area contributed by atoms with Crippen molar-refractivity contribution in [2.75, 3.05) is 13.6 Å². The normalized spacial score (nSPS) is 26.8. The maximum Gasteiger partial charge on any atom is 0.150 e. The Labute approximate surface area is 71.8 Å². The smallest absolute Gasteiger partial charge is 0.150 e. The van der Waals surface area contributed by atoms with Crippen molar-refractivity contribution in [3.63, 3.8) is 0 Å². The van der Waals surface area contributed by atoms with E-state index in [2.05, 4.69) is 11.9 Å². The Morgan fingerprint density at radius 1 is 1.50 bits per heavy atom. The molecule has 0 amide bonds. The van der Waals surface area contributed by atoms with E-state index in [1.165, 1.54) is 0 Å². The number of carbonyl (C=O) groups excluding carboxylic acids is 1. The van der Waals surface area contributed by atoms with Crippen LogP contribution in [-0.2, 0) is 0 Å². The standard InChI is InChI=1S/C10H11NO/c1-11-6-10(11)9-5-3-2-4-8(9)7-12/h2-5,7,10H,6H2,1H3. The van der Waals surface area contributed by atoms with E-state index in [-0.39, 0.29) is 0 Å². The molecule has 1 saturated heterocycles. The molecule has 1 aromatic rings. The molecule has 0 aliphatic carbocycles. The van der Waals surface area contributed by atoms with Crippen LogP contribution in [0.25, 0.3) is 0 Å². The van der Waals surface area contributed by atoms with Crippen LogP contribution in [0.2, 0.25) is 0 Å². The number of carbonyl (C=O) groups is 1. The van der Waals surface area contributed by atoms with Gasteiger partial charge < -0.3 is 0 Å². The van der Waals surface area contributed by atoms with Crippen LogP contribution in [0.4, 0.5) is 0 Å². The molecule has 0 radical (unpaired) electrons. The zero-order chi connectivity index (χ0) is 8.55. The average molecular weight is 161 g/mol. The fourth-order valence-electron chi connectivity index (χ4n) is 1.48. The van der Waals surface area contributed by atoms with Crippen LogP contribution in [0, 0.1) is 0 Å². The van der Waals surface area contributed by atoms with Crippen LogP contribution < -0.4 is 0 Å². The van der Waals surface area contributed by atoms with Gasteiger partial charge in [0, 0.05) is 18.2 Å². The van der Waals surface area contributed by atoms with Gasteiger partial charge in [0.1, 0.15) is 6.29 Å². The van der Waals surface area contributed by atoms with Crippen molar-refractivity contribution in [3.05, 3.63) is 35.4 Å². The lowest BCUT2D eigenvalue weighted by Crippen LogP contribution is -1.93. The Kier molecular flexibility index (Phi) is 1.70. The quantitative estimate of drug-likeness (QED) is 0.483. The molecule has 0 N–H and O–H groups in total. The summed E-state index contributed by atoms with van der Waals surface area (Å²) >= 11 is 0. The summed E-state index contributed by atoms with van der Waals surface area (Å²) in [5.74, 6) is 0. The maximum atomic E-state index is 10.6. The first-order chi connectivity index (χ1) is 5.83. The minimum atomic E-state index is 0.478. The second-order valence-corrected chi connectivity index (χ2v) is 3.20. The number of rotatable bonds is 2. The second kappa shape index (κ2) is 2.72. The highest BCUT2D eigenvalue weighted by atomic mass is 16.1. The third-order valence-electron chi connectivity index (χ3n) is 2.34. The summed E-state index contributed by atoms with van der Waals surface area (Å²) < 4.78 is 0. The van der Waals surface area contributed by atoms with E-state index in [1.807, 2.05) is 24.3 Å². The van der Waals surface area contributed by atoms with E-state index in [4.69, 9.17) is 0 Å². The molecule has 2 rings (SSSR count). The number of hydrogen-bond donors (Lipinski definition) is 0. The van der Waals surface area contributed by atoms with Crippen molar-refractivity contribution in [2.24, 2.45) is 0 Å². The van der Waals surface area contributed by atoms with Gasteiger partial charge >= 0.3 is 0 Å². The van der Waals surface area contributed by atoms with Crippen LogP contribution in [-0.4, -0.2) is 24.8 Å². The molecule has 12 heavy (non-hydrogen) atoms. The third kappa shape index (κ3) is 1.14. The lowest BCUT2D eigenvalue weighted by atomic mass is 10.1. The highest BCUT2D eigenvalue weighted by molar-refractivity contribution is 5.77. The average Bonchev–Trinajstić information content (AvgIpc) is 2.83. The van der Waals surface area contributed by atoms with Crippen LogP contribution >= 0.6 is 0 Å². The van der Waals surface area contributed by atoms with E-state index >= 15 is 0 Å². The Bertz CT molecular complexity index is 308. The number of nitrogens with zero attached hydrogens (tertiary/aromatic N) is 1. The minimum absolute atomic E-state index is 0.478.